The summed E-state index contributed by atoms with van der Waals surface area (Å²) in [6.45, 7) is 0. The summed E-state index contributed by atoms with van der Waals surface area (Å²) in [6.07, 6.45) is 3.88. The summed E-state index contributed by atoms with van der Waals surface area (Å²) < 4.78 is 12.5. The van der Waals surface area contributed by atoms with Gasteiger partial charge in [0, 0.05) is 6.20 Å². The van der Waals surface area contributed by atoms with Crippen LogP contribution in [0.3, 0.4) is 0 Å². The molecule has 13 heavy (non-hydrogen) atoms. The van der Waals surface area contributed by atoms with Crippen LogP contribution in [-0.4, -0.2) is 15.0 Å². The van der Waals surface area contributed by atoms with Crippen LogP contribution in [0.25, 0.3) is 11.5 Å². The Morgan fingerprint density at radius 2 is 1.77 bits per heavy atom. The average molecular weight is 175 g/mol. The van der Waals surface area contributed by atoms with Crippen molar-refractivity contribution >= 4 is 0 Å². The third-order valence-corrected chi connectivity index (χ3v) is 1.51. The van der Waals surface area contributed by atoms with E-state index >= 15 is 0 Å². The van der Waals surface area contributed by atoms with E-state index in [0.29, 0.717) is 11.5 Å². The third kappa shape index (κ3) is 1.66. The molecule has 0 aromatic carbocycles. The molecular weight excluding hydrogens is 169 g/mol. The van der Waals surface area contributed by atoms with E-state index < -0.39 is 5.82 Å². The van der Waals surface area contributed by atoms with Gasteiger partial charge in [0.05, 0.1) is 12.4 Å². The maximum atomic E-state index is 12.5. The molecule has 0 saturated heterocycles. The first-order chi connectivity index (χ1) is 6.36. The second-order valence-corrected chi connectivity index (χ2v) is 2.44. The van der Waals surface area contributed by atoms with Crippen LogP contribution < -0.4 is 0 Å². The molecule has 0 atom stereocenters. The van der Waals surface area contributed by atoms with E-state index in [1.165, 1.54) is 0 Å². The van der Waals surface area contributed by atoms with Crippen LogP contribution in [-0.2, 0) is 0 Å². The van der Waals surface area contributed by atoms with Crippen LogP contribution >= 0.6 is 0 Å². The van der Waals surface area contributed by atoms with Crippen LogP contribution in [0.15, 0.2) is 36.8 Å². The minimum Gasteiger partial charge on any atom is -0.253 e. The molecule has 0 radical (unpaired) electrons. The van der Waals surface area contributed by atoms with E-state index in [1.54, 1.807) is 18.3 Å². The lowest BCUT2D eigenvalue weighted by molar-refractivity contribution is 0.614. The number of rotatable bonds is 1. The zero-order valence-corrected chi connectivity index (χ0v) is 6.68. The molecule has 64 valence electrons. The number of hydrogen-bond donors (Lipinski definition) is 0. The summed E-state index contributed by atoms with van der Waals surface area (Å²) in [5.41, 5.74) is 0.641. The van der Waals surface area contributed by atoms with Crippen LogP contribution in [0, 0.1) is 5.82 Å². The molecule has 4 heteroatoms. The highest BCUT2D eigenvalue weighted by molar-refractivity contribution is 5.47. The quantitative estimate of drug-likeness (QED) is 0.661. The molecule has 2 aromatic heterocycles. The SMILES string of the molecule is Fc1cnc(-c2ccccn2)nc1. The van der Waals surface area contributed by atoms with E-state index in [1.807, 2.05) is 6.07 Å². The highest BCUT2D eigenvalue weighted by Gasteiger charge is 2.00. The van der Waals surface area contributed by atoms with Crippen molar-refractivity contribution in [2.24, 2.45) is 0 Å². The Morgan fingerprint density at radius 1 is 1.00 bits per heavy atom. The predicted molar refractivity (Wildman–Crippen MR) is 45.2 cm³/mol. The fourth-order valence-electron chi connectivity index (χ4n) is 0.940. The van der Waals surface area contributed by atoms with Crippen LogP contribution in [0.4, 0.5) is 4.39 Å². The van der Waals surface area contributed by atoms with Crippen molar-refractivity contribution in [1.82, 2.24) is 15.0 Å². The summed E-state index contributed by atoms with van der Waals surface area (Å²) in [6, 6.07) is 5.40. The molecule has 0 unspecified atom stereocenters. The summed E-state index contributed by atoms with van der Waals surface area (Å²) in [5, 5.41) is 0. The maximum Gasteiger partial charge on any atom is 0.178 e. The van der Waals surface area contributed by atoms with Crippen molar-refractivity contribution in [2.75, 3.05) is 0 Å². The van der Waals surface area contributed by atoms with Crippen molar-refractivity contribution < 1.29 is 4.39 Å². The Balaban J connectivity index is 2.42. The smallest absolute Gasteiger partial charge is 0.178 e. The summed E-state index contributed by atoms with van der Waals surface area (Å²) in [7, 11) is 0. The van der Waals surface area contributed by atoms with Gasteiger partial charge in [0.25, 0.3) is 0 Å². The van der Waals surface area contributed by atoms with E-state index in [4.69, 9.17) is 0 Å². The first kappa shape index (κ1) is 7.79. The van der Waals surface area contributed by atoms with Gasteiger partial charge in [0.1, 0.15) is 5.69 Å². The summed E-state index contributed by atoms with van der Waals surface area (Å²) in [4.78, 5) is 11.6. The monoisotopic (exact) mass is 175 g/mol. The Bertz CT molecular complexity index is 385. The Labute approximate surface area is 74.3 Å². The van der Waals surface area contributed by atoms with Crippen molar-refractivity contribution in [1.29, 1.82) is 0 Å². The summed E-state index contributed by atoms with van der Waals surface area (Å²) >= 11 is 0. The van der Waals surface area contributed by atoms with E-state index in [2.05, 4.69) is 15.0 Å². The molecule has 0 amide bonds. The molecule has 3 nitrogen and oxygen atoms in total. The number of aromatic nitrogens is 3. The number of hydrogen-bond acceptors (Lipinski definition) is 3. The minimum absolute atomic E-state index is 0.432. The first-order valence-electron chi connectivity index (χ1n) is 3.75. The Morgan fingerprint density at radius 3 is 2.38 bits per heavy atom. The van der Waals surface area contributed by atoms with Gasteiger partial charge in [0.2, 0.25) is 0 Å². The lowest BCUT2D eigenvalue weighted by atomic mass is 10.3. The van der Waals surface area contributed by atoms with Gasteiger partial charge in [-0.3, -0.25) is 4.98 Å². The largest absolute Gasteiger partial charge is 0.253 e. The Kier molecular flexibility index (Phi) is 1.96. The maximum absolute atomic E-state index is 12.5. The molecule has 0 N–H and O–H groups in total. The zero-order valence-electron chi connectivity index (χ0n) is 6.68. The Hall–Kier alpha value is -1.84. The van der Waals surface area contributed by atoms with Crippen LogP contribution in [0.5, 0.6) is 0 Å². The molecule has 2 aromatic rings. The molecule has 0 bridgehead atoms. The predicted octanol–water partition coefficient (Wildman–Crippen LogP) is 1.68. The van der Waals surface area contributed by atoms with Crippen LogP contribution in [0.2, 0.25) is 0 Å². The van der Waals surface area contributed by atoms with Gasteiger partial charge in [-0.2, -0.15) is 0 Å². The lowest BCUT2D eigenvalue weighted by Crippen LogP contribution is -1.91. The molecule has 0 aliphatic carbocycles. The summed E-state index contributed by atoms with van der Waals surface area (Å²) in [5.74, 6) is -0.0123. The lowest BCUT2D eigenvalue weighted by Gasteiger charge is -1.96. The number of pyridine rings is 1. The van der Waals surface area contributed by atoms with Crippen molar-refractivity contribution in [3.63, 3.8) is 0 Å². The van der Waals surface area contributed by atoms with Crippen molar-refractivity contribution in [3.05, 3.63) is 42.6 Å². The van der Waals surface area contributed by atoms with Crippen LogP contribution in [0.1, 0.15) is 0 Å². The van der Waals surface area contributed by atoms with Gasteiger partial charge in [-0.15, -0.1) is 0 Å². The molecule has 0 aliphatic rings. The van der Waals surface area contributed by atoms with Gasteiger partial charge in [-0.1, -0.05) is 6.07 Å². The highest BCUT2D eigenvalue weighted by atomic mass is 19.1. The second-order valence-electron chi connectivity index (χ2n) is 2.44. The van der Waals surface area contributed by atoms with E-state index in [9.17, 15) is 4.39 Å². The molecule has 0 fully saturated rings. The second kappa shape index (κ2) is 3.26. The molecule has 2 rings (SSSR count). The standard InChI is InChI=1S/C9H6FN3/c10-7-5-12-9(13-6-7)8-3-1-2-4-11-8/h1-6H. The average Bonchev–Trinajstić information content (AvgIpc) is 2.20. The molecule has 0 spiro atoms. The number of halogens is 1. The van der Waals surface area contributed by atoms with E-state index in [-0.39, 0.29) is 0 Å². The van der Waals surface area contributed by atoms with E-state index in [0.717, 1.165) is 12.4 Å². The van der Waals surface area contributed by atoms with Gasteiger partial charge < -0.3 is 0 Å². The normalized spacial score (nSPS) is 9.92. The van der Waals surface area contributed by atoms with Gasteiger partial charge >= 0.3 is 0 Å². The minimum atomic E-state index is -0.445. The molecule has 0 aliphatic heterocycles. The fourth-order valence-corrected chi connectivity index (χ4v) is 0.940. The van der Waals surface area contributed by atoms with Gasteiger partial charge in [-0.25, -0.2) is 14.4 Å². The van der Waals surface area contributed by atoms with Crippen molar-refractivity contribution in [3.8, 4) is 11.5 Å². The highest BCUT2D eigenvalue weighted by Crippen LogP contribution is 2.08. The fraction of sp³-hybridized carbons (Fsp3) is 0. The van der Waals surface area contributed by atoms with Gasteiger partial charge in [0.15, 0.2) is 11.6 Å². The molecule has 0 saturated carbocycles. The first-order valence-corrected chi connectivity index (χ1v) is 3.75. The zero-order chi connectivity index (χ0) is 9.10. The third-order valence-electron chi connectivity index (χ3n) is 1.51. The molecule has 2 heterocycles. The molecular formula is C9H6FN3. The number of nitrogens with zero attached hydrogens (tertiary/aromatic N) is 3. The van der Waals surface area contributed by atoms with Crippen molar-refractivity contribution in [2.45, 2.75) is 0 Å². The van der Waals surface area contributed by atoms with Gasteiger partial charge in [-0.05, 0) is 12.1 Å². The topological polar surface area (TPSA) is 38.7 Å².